The summed E-state index contributed by atoms with van der Waals surface area (Å²) < 4.78 is 28.9. The van der Waals surface area contributed by atoms with Crippen molar-refractivity contribution in [2.75, 3.05) is 31.5 Å². The topological polar surface area (TPSA) is 90.0 Å². The molecule has 0 spiro atoms. The van der Waals surface area contributed by atoms with E-state index < -0.39 is 28.7 Å². The van der Waals surface area contributed by atoms with Crippen LogP contribution in [-0.4, -0.2) is 62.7 Å². The van der Waals surface area contributed by atoms with E-state index in [1.165, 1.54) is 19.0 Å². The summed E-state index contributed by atoms with van der Waals surface area (Å²) >= 11 is 0. The zero-order chi connectivity index (χ0) is 27.0. The van der Waals surface area contributed by atoms with E-state index in [1.807, 2.05) is 64.1 Å². The molecule has 2 aromatic rings. The average molecular weight is 517 g/mol. The average Bonchev–Trinajstić information content (AvgIpc) is 2.83. The summed E-state index contributed by atoms with van der Waals surface area (Å²) in [7, 11) is -1.11. The lowest BCUT2D eigenvalue weighted by atomic mass is 10.1. The second-order valence-electron chi connectivity index (χ2n) is 9.41. The highest BCUT2D eigenvalue weighted by Gasteiger charge is 2.33. The van der Waals surface area contributed by atoms with Gasteiger partial charge in [-0.1, -0.05) is 55.3 Å². The molecule has 2 amide bonds. The first-order chi connectivity index (χ1) is 16.9. The van der Waals surface area contributed by atoms with E-state index in [4.69, 9.17) is 0 Å². The van der Waals surface area contributed by atoms with Crippen molar-refractivity contribution in [2.45, 2.75) is 60.0 Å². The van der Waals surface area contributed by atoms with Crippen LogP contribution in [0.3, 0.4) is 0 Å². The van der Waals surface area contributed by atoms with Crippen molar-refractivity contribution in [3.8, 4) is 0 Å². The normalized spacial score (nSPS) is 12.3. The molecular weight excluding hydrogens is 476 g/mol. The van der Waals surface area contributed by atoms with E-state index in [9.17, 15) is 18.0 Å². The van der Waals surface area contributed by atoms with Gasteiger partial charge in [-0.05, 0) is 56.9 Å². The van der Waals surface area contributed by atoms with E-state index in [1.54, 1.807) is 13.0 Å². The van der Waals surface area contributed by atoms with Crippen molar-refractivity contribution in [3.63, 3.8) is 0 Å². The summed E-state index contributed by atoms with van der Waals surface area (Å²) in [6.07, 6.45) is 1.78. The van der Waals surface area contributed by atoms with Gasteiger partial charge in [0.1, 0.15) is 12.6 Å². The number of aryl methyl sites for hydroxylation is 3. The summed E-state index contributed by atoms with van der Waals surface area (Å²) in [5, 5.41) is 2.89. The van der Waals surface area contributed by atoms with Crippen LogP contribution in [0.5, 0.6) is 0 Å². The highest BCUT2D eigenvalue weighted by molar-refractivity contribution is 7.90. The molecular formula is C27H40N4O4S. The maximum Gasteiger partial charge on any atom is 0.304 e. The molecule has 1 atom stereocenters. The monoisotopic (exact) mass is 516 g/mol. The molecule has 9 heteroatoms. The SMILES string of the molecule is CCCCNC(=O)C(C)N(Cc1ccc(C)cc1)C(=O)CN(c1cc(C)ccc1C)S(=O)(=O)N(C)C. The van der Waals surface area contributed by atoms with Crippen LogP contribution in [-0.2, 0) is 26.3 Å². The number of amides is 2. The smallest absolute Gasteiger partial charge is 0.304 e. The standard InChI is InChI=1S/C27H40N4O4S/c1-8-9-16-28-27(33)23(5)30(18-24-14-11-20(2)12-15-24)26(32)19-31(36(34,35)29(6)7)25-17-21(3)10-13-22(25)4/h10-15,17,23H,8-9,16,18-19H2,1-7H3,(H,28,33). The van der Waals surface area contributed by atoms with Crippen molar-refractivity contribution < 1.29 is 18.0 Å². The van der Waals surface area contributed by atoms with Crippen LogP contribution in [0.1, 0.15) is 48.9 Å². The zero-order valence-corrected chi connectivity index (χ0v) is 23.4. The lowest BCUT2D eigenvalue weighted by Crippen LogP contribution is -2.52. The van der Waals surface area contributed by atoms with Gasteiger partial charge in [0.2, 0.25) is 11.8 Å². The second-order valence-corrected chi connectivity index (χ2v) is 11.5. The van der Waals surface area contributed by atoms with Gasteiger partial charge in [0.15, 0.2) is 0 Å². The van der Waals surface area contributed by atoms with Gasteiger partial charge >= 0.3 is 10.2 Å². The maximum absolute atomic E-state index is 13.8. The van der Waals surface area contributed by atoms with Gasteiger partial charge in [-0.2, -0.15) is 12.7 Å². The van der Waals surface area contributed by atoms with Gasteiger partial charge in [-0.3, -0.25) is 9.59 Å². The molecule has 0 radical (unpaired) electrons. The Morgan fingerprint density at radius 3 is 2.17 bits per heavy atom. The molecule has 0 aliphatic carbocycles. The molecule has 0 aliphatic heterocycles. The molecule has 198 valence electrons. The Morgan fingerprint density at radius 1 is 0.972 bits per heavy atom. The highest BCUT2D eigenvalue weighted by Crippen LogP contribution is 2.26. The molecule has 1 N–H and O–H groups in total. The first-order valence-corrected chi connectivity index (χ1v) is 13.7. The van der Waals surface area contributed by atoms with Crippen molar-refractivity contribution in [1.29, 1.82) is 0 Å². The Labute approximate surface area is 216 Å². The lowest BCUT2D eigenvalue weighted by molar-refractivity contribution is -0.139. The summed E-state index contributed by atoms with van der Waals surface area (Å²) in [6, 6.07) is 12.4. The van der Waals surface area contributed by atoms with E-state index >= 15 is 0 Å². The molecule has 0 bridgehead atoms. The van der Waals surface area contributed by atoms with Gasteiger partial charge in [-0.15, -0.1) is 0 Å². The van der Waals surface area contributed by atoms with E-state index in [2.05, 4.69) is 5.32 Å². The highest BCUT2D eigenvalue weighted by atomic mass is 32.2. The van der Waals surface area contributed by atoms with Crippen molar-refractivity contribution in [3.05, 3.63) is 64.7 Å². The number of benzene rings is 2. The van der Waals surface area contributed by atoms with Crippen LogP contribution in [0, 0.1) is 20.8 Å². The number of unbranched alkanes of at least 4 members (excludes halogenated alkanes) is 1. The zero-order valence-electron chi connectivity index (χ0n) is 22.5. The Balaban J connectivity index is 2.46. The second kappa shape index (κ2) is 12.9. The van der Waals surface area contributed by atoms with Gasteiger partial charge in [-0.25, -0.2) is 4.31 Å². The van der Waals surface area contributed by atoms with Crippen molar-refractivity contribution in [1.82, 2.24) is 14.5 Å². The van der Waals surface area contributed by atoms with Gasteiger partial charge in [0.05, 0.1) is 5.69 Å². The fraction of sp³-hybridized carbons (Fsp3) is 0.481. The van der Waals surface area contributed by atoms with Crippen LogP contribution < -0.4 is 9.62 Å². The summed E-state index contributed by atoms with van der Waals surface area (Å²) in [5.74, 6) is -0.724. The first kappa shape index (κ1) is 29.3. The third kappa shape index (κ3) is 7.54. The first-order valence-electron chi connectivity index (χ1n) is 12.3. The third-order valence-electron chi connectivity index (χ3n) is 6.12. The molecule has 0 aromatic heterocycles. The number of rotatable bonds is 12. The molecule has 2 aromatic carbocycles. The Hall–Kier alpha value is -2.91. The third-order valence-corrected chi connectivity index (χ3v) is 7.93. The largest absolute Gasteiger partial charge is 0.354 e. The van der Waals surface area contributed by atoms with Gasteiger partial charge in [0, 0.05) is 27.2 Å². The molecule has 2 rings (SSSR count). The minimum atomic E-state index is -3.98. The van der Waals surface area contributed by atoms with Crippen LogP contribution in [0.15, 0.2) is 42.5 Å². The number of anilines is 1. The predicted molar refractivity (Wildman–Crippen MR) is 145 cm³/mol. The minimum Gasteiger partial charge on any atom is -0.354 e. The molecule has 0 saturated carbocycles. The van der Waals surface area contributed by atoms with Crippen LogP contribution >= 0.6 is 0 Å². The number of hydrogen-bond acceptors (Lipinski definition) is 4. The molecule has 1 unspecified atom stereocenters. The fourth-order valence-electron chi connectivity index (χ4n) is 3.70. The number of carbonyl (C=O) groups excluding carboxylic acids is 2. The van der Waals surface area contributed by atoms with E-state index in [-0.39, 0.29) is 12.5 Å². The number of hydrogen-bond donors (Lipinski definition) is 1. The van der Waals surface area contributed by atoms with Crippen LogP contribution in [0.4, 0.5) is 5.69 Å². The fourth-order valence-corrected chi connectivity index (χ4v) is 4.81. The molecule has 8 nitrogen and oxygen atoms in total. The molecule has 0 heterocycles. The number of carbonyl (C=O) groups is 2. The van der Waals surface area contributed by atoms with Crippen LogP contribution in [0.25, 0.3) is 0 Å². The van der Waals surface area contributed by atoms with Gasteiger partial charge in [0.25, 0.3) is 0 Å². The van der Waals surface area contributed by atoms with Gasteiger partial charge < -0.3 is 10.2 Å². The molecule has 0 fully saturated rings. The molecule has 0 saturated heterocycles. The lowest BCUT2D eigenvalue weighted by Gasteiger charge is -2.33. The molecule has 0 aliphatic rings. The Bertz CT molecular complexity index is 1150. The van der Waals surface area contributed by atoms with E-state index in [0.29, 0.717) is 12.2 Å². The number of nitrogens with zero attached hydrogens (tertiary/aromatic N) is 3. The van der Waals surface area contributed by atoms with Crippen LogP contribution in [0.2, 0.25) is 0 Å². The minimum absolute atomic E-state index is 0.185. The van der Waals surface area contributed by atoms with Crippen molar-refractivity contribution in [2.24, 2.45) is 0 Å². The van der Waals surface area contributed by atoms with E-state index in [0.717, 1.165) is 43.7 Å². The van der Waals surface area contributed by atoms with Crippen molar-refractivity contribution >= 4 is 27.7 Å². The predicted octanol–water partition coefficient (Wildman–Crippen LogP) is 3.56. The summed E-state index contributed by atoms with van der Waals surface area (Å²) in [5.41, 5.74) is 3.99. The summed E-state index contributed by atoms with van der Waals surface area (Å²) in [4.78, 5) is 28.1. The summed E-state index contributed by atoms with van der Waals surface area (Å²) in [6.45, 7) is 9.66. The Morgan fingerprint density at radius 2 is 1.58 bits per heavy atom. The quantitative estimate of drug-likeness (QED) is 0.437. The maximum atomic E-state index is 13.8. The number of nitrogens with one attached hydrogen (secondary N) is 1. The Kier molecular flexibility index (Phi) is 10.5. The molecule has 36 heavy (non-hydrogen) atoms.